The molecule has 1 aliphatic rings. The van der Waals surface area contributed by atoms with Gasteiger partial charge in [0.05, 0.1) is 34.3 Å². The number of nitro benzene ring substituents is 1. The number of methoxy groups -OCH3 is 1. The number of rotatable bonds is 3. The van der Waals surface area contributed by atoms with Crippen LogP contribution in [0.1, 0.15) is 38.1 Å². The predicted molar refractivity (Wildman–Crippen MR) is 80.2 cm³/mol. The Labute approximate surface area is 128 Å². The smallest absolute Gasteiger partial charge is 0.465 e. The summed E-state index contributed by atoms with van der Waals surface area (Å²) in [6.07, 6.45) is 0. The number of nitro groups is 1. The molecule has 22 heavy (non-hydrogen) atoms. The van der Waals surface area contributed by atoms with E-state index in [0.29, 0.717) is 0 Å². The minimum Gasteiger partial charge on any atom is -0.465 e. The van der Waals surface area contributed by atoms with E-state index in [4.69, 9.17) is 14.0 Å². The maximum absolute atomic E-state index is 11.9. The summed E-state index contributed by atoms with van der Waals surface area (Å²) in [5, 5.41) is 11.3. The van der Waals surface area contributed by atoms with Crippen molar-refractivity contribution in [3.8, 4) is 0 Å². The van der Waals surface area contributed by atoms with Gasteiger partial charge >= 0.3 is 13.1 Å². The van der Waals surface area contributed by atoms with E-state index in [1.165, 1.54) is 25.3 Å². The van der Waals surface area contributed by atoms with Crippen molar-refractivity contribution in [2.24, 2.45) is 0 Å². The van der Waals surface area contributed by atoms with Gasteiger partial charge in [-0.25, -0.2) is 4.79 Å². The zero-order valence-corrected chi connectivity index (χ0v) is 13.2. The van der Waals surface area contributed by atoms with Gasteiger partial charge in [0.2, 0.25) is 0 Å². The molecule has 1 aromatic carbocycles. The number of benzene rings is 1. The van der Waals surface area contributed by atoms with Crippen LogP contribution in [0.2, 0.25) is 0 Å². The molecule has 0 N–H and O–H groups in total. The first kappa shape index (κ1) is 16.4. The number of nitrogens with zero attached hydrogens (tertiary/aromatic N) is 1. The van der Waals surface area contributed by atoms with Gasteiger partial charge in [-0.05, 0) is 33.8 Å². The summed E-state index contributed by atoms with van der Waals surface area (Å²) < 4.78 is 16.4. The van der Waals surface area contributed by atoms with Crippen LogP contribution in [-0.4, -0.2) is 36.3 Å². The second-order valence-electron chi connectivity index (χ2n) is 6.08. The lowest BCUT2D eigenvalue weighted by atomic mass is 9.74. The molecule has 118 valence electrons. The molecule has 1 saturated heterocycles. The van der Waals surface area contributed by atoms with Gasteiger partial charge in [-0.3, -0.25) is 10.1 Å². The summed E-state index contributed by atoms with van der Waals surface area (Å²) in [4.78, 5) is 22.7. The highest BCUT2D eigenvalue weighted by molar-refractivity contribution is 6.65. The third-order valence-corrected chi connectivity index (χ3v) is 4.17. The van der Waals surface area contributed by atoms with Crippen molar-refractivity contribution in [1.82, 2.24) is 0 Å². The number of hydrogen-bond acceptors (Lipinski definition) is 6. The van der Waals surface area contributed by atoms with Crippen LogP contribution in [0.3, 0.4) is 0 Å². The molecular weight excluding hydrogens is 289 g/mol. The maximum atomic E-state index is 11.9. The van der Waals surface area contributed by atoms with Gasteiger partial charge in [-0.1, -0.05) is 6.07 Å². The van der Waals surface area contributed by atoms with Gasteiger partial charge in [0.25, 0.3) is 5.69 Å². The number of carbonyl (C=O) groups is 1. The molecule has 0 amide bonds. The van der Waals surface area contributed by atoms with Crippen molar-refractivity contribution in [2.45, 2.75) is 38.9 Å². The van der Waals surface area contributed by atoms with Gasteiger partial charge in [-0.2, -0.15) is 0 Å². The molecule has 0 radical (unpaired) electrons. The van der Waals surface area contributed by atoms with Crippen LogP contribution in [-0.2, 0) is 14.0 Å². The second kappa shape index (κ2) is 5.37. The highest BCUT2D eigenvalue weighted by Gasteiger charge is 2.54. The van der Waals surface area contributed by atoms with Gasteiger partial charge < -0.3 is 14.0 Å². The molecule has 1 heterocycles. The molecular formula is C14H18BNO6. The fraction of sp³-hybridized carbons (Fsp3) is 0.500. The van der Waals surface area contributed by atoms with E-state index < -0.39 is 29.2 Å². The predicted octanol–water partition coefficient (Wildman–Crippen LogP) is 1.68. The number of hydrogen-bond donors (Lipinski definition) is 0. The molecule has 2 rings (SSSR count). The Morgan fingerprint density at radius 3 is 2.23 bits per heavy atom. The second-order valence-corrected chi connectivity index (χ2v) is 6.08. The van der Waals surface area contributed by atoms with Crippen LogP contribution in [0.25, 0.3) is 0 Å². The Balaban J connectivity index is 2.59. The topological polar surface area (TPSA) is 87.9 Å². The first-order valence-electron chi connectivity index (χ1n) is 6.82. The average Bonchev–Trinajstić information content (AvgIpc) is 2.65. The highest BCUT2D eigenvalue weighted by Crippen LogP contribution is 2.37. The summed E-state index contributed by atoms with van der Waals surface area (Å²) in [7, 11) is 0.204. The third-order valence-electron chi connectivity index (χ3n) is 4.17. The van der Waals surface area contributed by atoms with Crippen molar-refractivity contribution in [3.05, 3.63) is 33.9 Å². The van der Waals surface area contributed by atoms with Crippen LogP contribution in [0, 0.1) is 10.1 Å². The SMILES string of the molecule is COC(=O)c1cccc([N+](=O)[O-])c1B1OC(C)(C)C(C)(C)O1. The highest BCUT2D eigenvalue weighted by atomic mass is 16.7. The van der Waals surface area contributed by atoms with Crippen LogP contribution in [0.15, 0.2) is 18.2 Å². The van der Waals surface area contributed by atoms with Crippen LogP contribution < -0.4 is 5.46 Å². The molecule has 1 aromatic rings. The first-order valence-corrected chi connectivity index (χ1v) is 6.82. The number of ether oxygens (including phenoxy) is 1. The maximum Gasteiger partial charge on any atom is 0.502 e. The minimum absolute atomic E-state index is 0.0650. The van der Waals surface area contributed by atoms with E-state index >= 15 is 0 Å². The molecule has 0 spiro atoms. The molecule has 0 atom stereocenters. The lowest BCUT2D eigenvalue weighted by Crippen LogP contribution is -2.41. The van der Waals surface area contributed by atoms with E-state index in [1.807, 2.05) is 27.7 Å². The summed E-state index contributed by atoms with van der Waals surface area (Å²) in [5.41, 5.74) is -1.43. The van der Waals surface area contributed by atoms with Gasteiger partial charge in [0, 0.05) is 6.07 Å². The molecule has 0 saturated carbocycles. The minimum atomic E-state index is -1.01. The fourth-order valence-corrected chi connectivity index (χ4v) is 2.21. The first-order chi connectivity index (χ1) is 10.1. The lowest BCUT2D eigenvalue weighted by Gasteiger charge is -2.32. The quantitative estimate of drug-likeness (QED) is 0.365. The van der Waals surface area contributed by atoms with Gasteiger partial charge in [-0.15, -0.1) is 0 Å². The zero-order valence-electron chi connectivity index (χ0n) is 13.2. The molecule has 0 bridgehead atoms. The molecule has 1 fully saturated rings. The Morgan fingerprint density at radius 1 is 1.23 bits per heavy atom. The van der Waals surface area contributed by atoms with E-state index in [2.05, 4.69) is 0 Å². The zero-order chi connectivity index (χ0) is 16.7. The van der Waals surface area contributed by atoms with Crippen molar-refractivity contribution < 1.29 is 23.8 Å². The van der Waals surface area contributed by atoms with E-state index in [0.717, 1.165) is 0 Å². The molecule has 7 nitrogen and oxygen atoms in total. The van der Waals surface area contributed by atoms with E-state index in [-0.39, 0.29) is 16.7 Å². The largest absolute Gasteiger partial charge is 0.502 e. The average molecular weight is 307 g/mol. The Morgan fingerprint density at radius 2 is 1.77 bits per heavy atom. The van der Waals surface area contributed by atoms with E-state index in [1.54, 1.807) is 0 Å². The van der Waals surface area contributed by atoms with Gasteiger partial charge in [0.1, 0.15) is 0 Å². The molecule has 8 heteroatoms. The van der Waals surface area contributed by atoms with Crippen molar-refractivity contribution in [2.75, 3.05) is 7.11 Å². The van der Waals surface area contributed by atoms with Crippen molar-refractivity contribution in [1.29, 1.82) is 0 Å². The van der Waals surface area contributed by atoms with Crippen LogP contribution in [0.4, 0.5) is 5.69 Å². The van der Waals surface area contributed by atoms with E-state index in [9.17, 15) is 14.9 Å². The number of esters is 1. The Bertz CT molecular complexity index is 612. The molecule has 0 aromatic heterocycles. The number of carbonyl (C=O) groups excluding carboxylic acids is 1. The van der Waals surface area contributed by atoms with Crippen molar-refractivity contribution >= 4 is 24.2 Å². The summed E-state index contributed by atoms with van der Waals surface area (Å²) in [6.45, 7) is 7.33. The monoisotopic (exact) mass is 307 g/mol. The molecule has 1 aliphatic heterocycles. The van der Waals surface area contributed by atoms with Crippen molar-refractivity contribution in [3.63, 3.8) is 0 Å². The van der Waals surface area contributed by atoms with Crippen LogP contribution in [0.5, 0.6) is 0 Å². The molecule has 0 unspecified atom stereocenters. The Hall–Kier alpha value is -1.93. The van der Waals surface area contributed by atoms with Gasteiger partial charge in [0.15, 0.2) is 0 Å². The summed E-state index contributed by atoms with van der Waals surface area (Å²) in [5.74, 6) is -0.673. The van der Waals surface area contributed by atoms with Crippen LogP contribution >= 0.6 is 0 Å². The molecule has 0 aliphatic carbocycles. The fourth-order valence-electron chi connectivity index (χ4n) is 2.21. The summed E-state index contributed by atoms with van der Waals surface area (Å²) >= 11 is 0. The third kappa shape index (κ3) is 2.59. The standard InChI is InChI=1S/C14H18BNO6/c1-13(2)14(3,4)22-15(21-13)11-9(12(17)20-5)7-6-8-10(11)16(18)19/h6-8H,1-5H3. The Kier molecular flexibility index (Phi) is 4.01. The normalized spacial score (nSPS) is 19.0. The summed E-state index contributed by atoms with van der Waals surface area (Å²) in [6, 6.07) is 4.20. The lowest BCUT2D eigenvalue weighted by molar-refractivity contribution is -0.383.